The van der Waals surface area contributed by atoms with Gasteiger partial charge in [0.1, 0.15) is 0 Å². The Balaban J connectivity index is 1.55. The van der Waals surface area contributed by atoms with Crippen molar-refractivity contribution in [3.05, 3.63) is 34.9 Å². The smallest absolute Gasteiger partial charge is 0.307 e. The average molecular weight is 352 g/mol. The van der Waals surface area contributed by atoms with Gasteiger partial charge in [-0.2, -0.15) is 0 Å². The number of aliphatic hydroxyl groups excluding tert-OH is 1. The SMILES string of the molecule is O=C(O)C1CCC1C(=O)N1CCC(C(O)c2ccc(Cl)cc2)CC1. The van der Waals surface area contributed by atoms with Gasteiger partial charge in [-0.3, -0.25) is 9.59 Å². The van der Waals surface area contributed by atoms with Crippen molar-refractivity contribution in [1.29, 1.82) is 0 Å². The van der Waals surface area contributed by atoms with Gasteiger partial charge in [0.2, 0.25) is 5.91 Å². The predicted molar refractivity (Wildman–Crippen MR) is 89.6 cm³/mol. The van der Waals surface area contributed by atoms with Crippen molar-refractivity contribution in [2.45, 2.75) is 31.8 Å². The lowest BCUT2D eigenvalue weighted by molar-refractivity contribution is -0.157. The minimum Gasteiger partial charge on any atom is -0.481 e. The zero-order valence-corrected chi connectivity index (χ0v) is 14.2. The average Bonchev–Trinajstić information content (AvgIpc) is 2.53. The number of nitrogens with zero attached hydrogens (tertiary/aromatic N) is 1. The number of carbonyl (C=O) groups is 2. The first kappa shape index (κ1) is 17.2. The van der Waals surface area contributed by atoms with Crippen molar-refractivity contribution in [3.63, 3.8) is 0 Å². The van der Waals surface area contributed by atoms with Crippen molar-refractivity contribution in [2.24, 2.45) is 17.8 Å². The third-order valence-corrected chi connectivity index (χ3v) is 5.67. The van der Waals surface area contributed by atoms with Crippen LogP contribution >= 0.6 is 11.6 Å². The van der Waals surface area contributed by atoms with Crippen LogP contribution in [0.2, 0.25) is 5.02 Å². The van der Waals surface area contributed by atoms with Crippen LogP contribution in [0.3, 0.4) is 0 Å². The Morgan fingerprint density at radius 3 is 2.12 bits per heavy atom. The summed E-state index contributed by atoms with van der Waals surface area (Å²) in [4.78, 5) is 25.3. The second-order valence-corrected chi connectivity index (χ2v) is 7.22. The van der Waals surface area contributed by atoms with E-state index in [4.69, 9.17) is 16.7 Å². The molecule has 3 rings (SSSR count). The molecular weight excluding hydrogens is 330 g/mol. The third-order valence-electron chi connectivity index (χ3n) is 5.42. The van der Waals surface area contributed by atoms with E-state index >= 15 is 0 Å². The van der Waals surface area contributed by atoms with Gasteiger partial charge in [0.05, 0.1) is 17.9 Å². The second-order valence-electron chi connectivity index (χ2n) is 6.79. The van der Waals surface area contributed by atoms with Crippen molar-refractivity contribution in [1.82, 2.24) is 4.90 Å². The minimum absolute atomic E-state index is 0.0342. The number of amides is 1. The van der Waals surface area contributed by atoms with Crippen molar-refractivity contribution in [2.75, 3.05) is 13.1 Å². The first-order chi connectivity index (χ1) is 11.5. The van der Waals surface area contributed by atoms with Gasteiger partial charge in [0.25, 0.3) is 0 Å². The molecule has 0 bridgehead atoms. The zero-order chi connectivity index (χ0) is 17.3. The van der Waals surface area contributed by atoms with E-state index in [0.29, 0.717) is 31.0 Å². The highest BCUT2D eigenvalue weighted by Crippen LogP contribution is 2.38. The largest absolute Gasteiger partial charge is 0.481 e. The summed E-state index contributed by atoms with van der Waals surface area (Å²) in [5, 5.41) is 20.3. The number of rotatable bonds is 4. The molecular formula is C18H22ClNO4. The first-order valence-corrected chi connectivity index (χ1v) is 8.80. The molecule has 130 valence electrons. The molecule has 2 fully saturated rings. The van der Waals surface area contributed by atoms with Gasteiger partial charge < -0.3 is 15.1 Å². The number of benzene rings is 1. The fourth-order valence-electron chi connectivity index (χ4n) is 3.69. The van der Waals surface area contributed by atoms with Gasteiger partial charge in [-0.25, -0.2) is 0 Å². The van der Waals surface area contributed by atoms with Gasteiger partial charge in [0, 0.05) is 18.1 Å². The molecule has 6 heteroatoms. The monoisotopic (exact) mass is 351 g/mol. The number of likely N-dealkylation sites (tertiary alicyclic amines) is 1. The van der Waals surface area contributed by atoms with E-state index in [-0.39, 0.29) is 17.7 Å². The van der Waals surface area contributed by atoms with Crippen LogP contribution in [0, 0.1) is 17.8 Å². The van der Waals surface area contributed by atoms with Crippen molar-refractivity contribution in [3.8, 4) is 0 Å². The summed E-state index contributed by atoms with van der Waals surface area (Å²) in [6, 6.07) is 7.19. The van der Waals surface area contributed by atoms with Crippen LogP contribution in [0.25, 0.3) is 0 Å². The minimum atomic E-state index is -0.868. The fourth-order valence-corrected chi connectivity index (χ4v) is 3.82. The molecule has 2 aliphatic rings. The molecule has 1 aliphatic carbocycles. The summed E-state index contributed by atoms with van der Waals surface area (Å²) in [5.41, 5.74) is 0.842. The van der Waals surface area contributed by atoms with Gasteiger partial charge in [-0.05, 0) is 49.3 Å². The number of carboxylic acid groups (broad SMARTS) is 1. The quantitative estimate of drug-likeness (QED) is 0.874. The molecule has 3 atom stereocenters. The number of aliphatic carboxylic acids is 1. The number of carboxylic acids is 1. The van der Waals surface area contributed by atoms with E-state index in [0.717, 1.165) is 18.4 Å². The van der Waals surface area contributed by atoms with Crippen LogP contribution in [0.4, 0.5) is 0 Å². The summed E-state index contributed by atoms with van der Waals surface area (Å²) in [6.45, 7) is 1.16. The lowest BCUT2D eigenvalue weighted by Crippen LogP contribution is -2.48. The number of hydrogen-bond donors (Lipinski definition) is 2. The first-order valence-electron chi connectivity index (χ1n) is 8.42. The number of aliphatic hydroxyl groups is 1. The molecule has 0 spiro atoms. The molecule has 1 saturated carbocycles. The fraction of sp³-hybridized carbons (Fsp3) is 0.556. The molecule has 1 amide bonds. The van der Waals surface area contributed by atoms with E-state index < -0.39 is 18.0 Å². The maximum absolute atomic E-state index is 12.5. The molecule has 1 aromatic rings. The van der Waals surface area contributed by atoms with Gasteiger partial charge in [-0.15, -0.1) is 0 Å². The summed E-state index contributed by atoms with van der Waals surface area (Å²) >= 11 is 5.87. The molecule has 1 saturated heterocycles. The van der Waals surface area contributed by atoms with Crippen LogP contribution in [-0.4, -0.2) is 40.1 Å². The van der Waals surface area contributed by atoms with E-state index in [1.165, 1.54) is 0 Å². The molecule has 0 radical (unpaired) electrons. The van der Waals surface area contributed by atoms with Gasteiger partial charge in [-0.1, -0.05) is 23.7 Å². The van der Waals surface area contributed by atoms with E-state index in [9.17, 15) is 14.7 Å². The summed E-state index contributed by atoms with van der Waals surface area (Å²) in [7, 11) is 0. The highest BCUT2D eigenvalue weighted by molar-refractivity contribution is 6.30. The summed E-state index contributed by atoms with van der Waals surface area (Å²) in [5.74, 6) is -1.68. The van der Waals surface area contributed by atoms with E-state index in [1.54, 1.807) is 17.0 Å². The van der Waals surface area contributed by atoms with Crippen molar-refractivity contribution >= 4 is 23.5 Å². The third kappa shape index (κ3) is 3.42. The van der Waals surface area contributed by atoms with Crippen LogP contribution in [-0.2, 0) is 9.59 Å². The van der Waals surface area contributed by atoms with E-state index in [2.05, 4.69) is 0 Å². The molecule has 2 N–H and O–H groups in total. The highest BCUT2D eigenvalue weighted by atomic mass is 35.5. The topological polar surface area (TPSA) is 77.8 Å². The predicted octanol–water partition coefficient (Wildman–Crippen LogP) is 2.72. The van der Waals surface area contributed by atoms with Crippen LogP contribution in [0.1, 0.15) is 37.4 Å². The van der Waals surface area contributed by atoms with Crippen LogP contribution in [0.15, 0.2) is 24.3 Å². The Bertz CT molecular complexity index is 610. The molecule has 5 nitrogen and oxygen atoms in total. The maximum Gasteiger partial charge on any atom is 0.307 e. The van der Waals surface area contributed by atoms with E-state index in [1.807, 2.05) is 12.1 Å². The maximum atomic E-state index is 12.5. The van der Waals surface area contributed by atoms with Gasteiger partial charge >= 0.3 is 5.97 Å². The highest BCUT2D eigenvalue weighted by Gasteiger charge is 2.43. The Morgan fingerprint density at radius 2 is 1.62 bits per heavy atom. The lowest BCUT2D eigenvalue weighted by atomic mass is 9.72. The Morgan fingerprint density at radius 1 is 1.04 bits per heavy atom. The number of piperidine rings is 1. The number of halogens is 1. The number of carbonyl (C=O) groups excluding carboxylic acids is 1. The molecule has 0 aromatic heterocycles. The Hall–Kier alpha value is -1.59. The summed E-state index contributed by atoms with van der Waals surface area (Å²) < 4.78 is 0. The molecule has 1 aromatic carbocycles. The molecule has 1 heterocycles. The normalized spacial score (nSPS) is 25.8. The molecule has 24 heavy (non-hydrogen) atoms. The Kier molecular flexibility index (Phi) is 5.11. The molecule has 3 unspecified atom stereocenters. The second kappa shape index (κ2) is 7.11. The van der Waals surface area contributed by atoms with Crippen molar-refractivity contribution < 1.29 is 19.8 Å². The van der Waals surface area contributed by atoms with Crippen LogP contribution < -0.4 is 0 Å². The van der Waals surface area contributed by atoms with Gasteiger partial charge in [0.15, 0.2) is 0 Å². The Labute approximate surface area is 146 Å². The molecule has 1 aliphatic heterocycles. The lowest BCUT2D eigenvalue weighted by Gasteiger charge is -2.40. The van der Waals surface area contributed by atoms with Crippen LogP contribution in [0.5, 0.6) is 0 Å². The summed E-state index contributed by atoms with van der Waals surface area (Å²) in [6.07, 6.45) is 2.15. The number of hydrogen-bond acceptors (Lipinski definition) is 3. The standard InChI is InChI=1S/C18H22ClNO4/c19-13-3-1-11(2-4-13)16(21)12-7-9-20(10-8-12)17(22)14-5-6-15(14)18(23)24/h1-4,12,14-16,21H,5-10H2,(H,23,24). The zero-order valence-electron chi connectivity index (χ0n) is 13.4.